The van der Waals surface area contributed by atoms with Crippen LogP contribution in [0.4, 0.5) is 0 Å². The molecule has 0 saturated heterocycles. The summed E-state index contributed by atoms with van der Waals surface area (Å²) < 4.78 is 10.7. The van der Waals surface area contributed by atoms with Crippen LogP contribution in [0.25, 0.3) is 0 Å². The second-order valence-corrected chi connectivity index (χ2v) is 6.22. The minimum atomic E-state index is -0.592. The molecule has 0 heterocycles. The van der Waals surface area contributed by atoms with Gasteiger partial charge in [-0.2, -0.15) is 0 Å². The van der Waals surface area contributed by atoms with Crippen LogP contribution in [0.5, 0.6) is 0 Å². The lowest BCUT2D eigenvalue weighted by atomic mass is 9.98. The van der Waals surface area contributed by atoms with Crippen molar-refractivity contribution < 1.29 is 14.3 Å². The topological polar surface area (TPSA) is 47.6 Å². The van der Waals surface area contributed by atoms with Crippen LogP contribution in [0, 0.1) is 5.92 Å². The molecule has 1 N–H and O–H groups in total. The Morgan fingerprint density at radius 1 is 1.26 bits per heavy atom. The summed E-state index contributed by atoms with van der Waals surface area (Å²) in [5.74, 6) is 0.560. The number of rotatable bonds is 8. The molecule has 0 spiro atoms. The number of hydrogen-bond acceptors (Lipinski definition) is 4. The lowest BCUT2D eigenvalue weighted by Crippen LogP contribution is -2.52. The maximum Gasteiger partial charge on any atom is 0.325 e. The van der Waals surface area contributed by atoms with E-state index in [9.17, 15) is 4.79 Å². The zero-order valence-electron chi connectivity index (χ0n) is 12.2. The Hall–Kier alpha value is -0.610. The number of ether oxygens (including phenoxy) is 2. The molecule has 4 heteroatoms. The third-order valence-electron chi connectivity index (χ3n) is 4.31. The van der Waals surface area contributed by atoms with E-state index in [0.717, 1.165) is 25.4 Å². The molecule has 110 valence electrons. The summed E-state index contributed by atoms with van der Waals surface area (Å²) in [5.41, 5.74) is -0.592. The van der Waals surface area contributed by atoms with Crippen LogP contribution >= 0.6 is 0 Å². The quantitative estimate of drug-likeness (QED) is 0.542. The second kappa shape index (κ2) is 6.71. The van der Waals surface area contributed by atoms with Crippen LogP contribution in [-0.4, -0.2) is 37.9 Å². The Kier molecular flexibility index (Phi) is 5.22. The van der Waals surface area contributed by atoms with Gasteiger partial charge in [0, 0.05) is 19.3 Å². The van der Waals surface area contributed by atoms with Crippen molar-refractivity contribution in [2.45, 2.75) is 63.5 Å². The summed E-state index contributed by atoms with van der Waals surface area (Å²) in [5, 5.41) is 3.39. The lowest BCUT2D eigenvalue weighted by molar-refractivity contribution is -0.149. The van der Waals surface area contributed by atoms with Gasteiger partial charge in [0.2, 0.25) is 0 Å². The highest BCUT2D eigenvalue weighted by Crippen LogP contribution is 2.26. The van der Waals surface area contributed by atoms with E-state index >= 15 is 0 Å². The van der Waals surface area contributed by atoms with Crippen molar-refractivity contribution in [1.82, 2.24) is 5.32 Å². The van der Waals surface area contributed by atoms with Gasteiger partial charge in [0.05, 0.1) is 7.11 Å². The van der Waals surface area contributed by atoms with Crippen LogP contribution in [0.1, 0.15) is 51.9 Å². The molecule has 2 aliphatic rings. The lowest BCUT2D eigenvalue weighted by Gasteiger charge is -2.28. The normalized spacial score (nSPS) is 23.3. The maximum absolute atomic E-state index is 11.9. The zero-order valence-corrected chi connectivity index (χ0v) is 12.2. The number of hydrogen-bond donors (Lipinski definition) is 1. The Balaban J connectivity index is 1.70. The third-order valence-corrected chi connectivity index (χ3v) is 4.31. The molecule has 0 amide bonds. The van der Waals surface area contributed by atoms with E-state index in [2.05, 4.69) is 5.32 Å². The molecule has 4 nitrogen and oxygen atoms in total. The van der Waals surface area contributed by atoms with Gasteiger partial charge in [-0.25, -0.2) is 0 Å². The Morgan fingerprint density at radius 3 is 2.53 bits per heavy atom. The Labute approximate surface area is 116 Å². The molecule has 2 aliphatic carbocycles. The summed E-state index contributed by atoms with van der Waals surface area (Å²) in [6.07, 6.45) is 8.30. The summed E-state index contributed by atoms with van der Waals surface area (Å²) in [6.45, 7) is 3.40. The highest BCUT2D eigenvalue weighted by molar-refractivity contribution is 5.80. The van der Waals surface area contributed by atoms with Gasteiger partial charge in [-0.1, -0.05) is 12.8 Å². The SMILES string of the molecule is COC(=O)C(C)(CCOCC1CCCC1)NC1CC1. The predicted molar refractivity (Wildman–Crippen MR) is 74.0 cm³/mol. The molecule has 2 fully saturated rings. The number of carbonyl (C=O) groups is 1. The van der Waals surface area contributed by atoms with Crippen LogP contribution in [0.2, 0.25) is 0 Å². The molecule has 0 radical (unpaired) electrons. The average Bonchev–Trinajstić information content (AvgIpc) is 3.06. The van der Waals surface area contributed by atoms with Crippen molar-refractivity contribution in [1.29, 1.82) is 0 Å². The van der Waals surface area contributed by atoms with Crippen molar-refractivity contribution in [2.75, 3.05) is 20.3 Å². The van der Waals surface area contributed by atoms with Crippen LogP contribution in [0.3, 0.4) is 0 Å². The van der Waals surface area contributed by atoms with Crippen molar-refractivity contribution in [3.8, 4) is 0 Å². The molecule has 1 atom stereocenters. The molecule has 0 aliphatic heterocycles. The zero-order chi connectivity index (χ0) is 13.7. The third kappa shape index (κ3) is 4.46. The van der Waals surface area contributed by atoms with E-state index in [-0.39, 0.29) is 5.97 Å². The summed E-state index contributed by atoms with van der Waals surface area (Å²) in [7, 11) is 1.45. The van der Waals surface area contributed by atoms with Crippen LogP contribution < -0.4 is 5.32 Å². The van der Waals surface area contributed by atoms with Gasteiger partial charge < -0.3 is 9.47 Å². The summed E-state index contributed by atoms with van der Waals surface area (Å²) >= 11 is 0. The van der Waals surface area contributed by atoms with E-state index in [1.54, 1.807) is 0 Å². The highest BCUT2D eigenvalue weighted by Gasteiger charge is 2.39. The predicted octanol–water partition coefficient (Wildman–Crippen LogP) is 2.27. The average molecular weight is 269 g/mol. The largest absolute Gasteiger partial charge is 0.468 e. The second-order valence-electron chi connectivity index (χ2n) is 6.22. The van der Waals surface area contributed by atoms with Crippen molar-refractivity contribution in [3.63, 3.8) is 0 Å². The van der Waals surface area contributed by atoms with Gasteiger partial charge in [0.1, 0.15) is 5.54 Å². The van der Waals surface area contributed by atoms with E-state index in [1.807, 2.05) is 6.92 Å². The molecule has 0 bridgehead atoms. The monoisotopic (exact) mass is 269 g/mol. The first-order valence-corrected chi connectivity index (χ1v) is 7.58. The van der Waals surface area contributed by atoms with E-state index < -0.39 is 5.54 Å². The molecular formula is C15H27NO3. The highest BCUT2D eigenvalue weighted by atomic mass is 16.5. The molecular weight excluding hydrogens is 242 g/mol. The Morgan fingerprint density at radius 2 is 1.95 bits per heavy atom. The number of esters is 1. The minimum absolute atomic E-state index is 0.177. The van der Waals surface area contributed by atoms with Gasteiger partial charge in [0.25, 0.3) is 0 Å². The first-order chi connectivity index (χ1) is 9.14. The van der Waals surface area contributed by atoms with E-state index in [0.29, 0.717) is 19.1 Å². The van der Waals surface area contributed by atoms with Gasteiger partial charge >= 0.3 is 5.97 Å². The van der Waals surface area contributed by atoms with Crippen molar-refractivity contribution in [3.05, 3.63) is 0 Å². The maximum atomic E-state index is 11.9. The fraction of sp³-hybridized carbons (Fsp3) is 0.933. The molecule has 0 aromatic heterocycles. The molecule has 2 saturated carbocycles. The first kappa shape index (κ1) is 14.8. The summed E-state index contributed by atoms with van der Waals surface area (Å²) in [4.78, 5) is 11.9. The number of carbonyl (C=O) groups excluding carboxylic acids is 1. The Bertz CT molecular complexity index is 298. The first-order valence-electron chi connectivity index (χ1n) is 7.58. The van der Waals surface area contributed by atoms with E-state index in [4.69, 9.17) is 9.47 Å². The fourth-order valence-corrected chi connectivity index (χ4v) is 2.84. The van der Waals surface area contributed by atoms with Gasteiger partial charge in [-0.05, 0) is 44.9 Å². The van der Waals surface area contributed by atoms with Gasteiger partial charge in [0.15, 0.2) is 0 Å². The minimum Gasteiger partial charge on any atom is -0.468 e. The molecule has 0 aromatic rings. The smallest absolute Gasteiger partial charge is 0.325 e. The van der Waals surface area contributed by atoms with E-state index in [1.165, 1.54) is 32.8 Å². The van der Waals surface area contributed by atoms with Gasteiger partial charge in [-0.3, -0.25) is 10.1 Å². The van der Waals surface area contributed by atoms with Crippen LogP contribution in [0.15, 0.2) is 0 Å². The molecule has 1 unspecified atom stereocenters. The molecule has 19 heavy (non-hydrogen) atoms. The summed E-state index contributed by atoms with van der Waals surface area (Å²) in [6, 6.07) is 0.485. The van der Waals surface area contributed by atoms with Crippen LogP contribution in [-0.2, 0) is 14.3 Å². The van der Waals surface area contributed by atoms with Crippen molar-refractivity contribution in [2.24, 2.45) is 5.92 Å². The molecule has 0 aromatic carbocycles. The molecule has 2 rings (SSSR count). The number of methoxy groups -OCH3 is 1. The van der Waals surface area contributed by atoms with Crippen molar-refractivity contribution >= 4 is 5.97 Å². The number of nitrogens with one attached hydrogen (secondary N) is 1. The fourth-order valence-electron chi connectivity index (χ4n) is 2.84. The van der Waals surface area contributed by atoms with Gasteiger partial charge in [-0.15, -0.1) is 0 Å². The standard InChI is InChI=1S/C15H27NO3/c1-15(14(17)18-2,16-13-7-8-13)9-10-19-11-12-5-3-4-6-12/h12-13,16H,3-11H2,1-2H3.